The van der Waals surface area contributed by atoms with Gasteiger partial charge in [-0.15, -0.1) is 11.7 Å². The molecule has 0 radical (unpaired) electrons. The van der Waals surface area contributed by atoms with E-state index in [9.17, 15) is 0 Å². The maximum Gasteiger partial charge on any atom is 0.0967 e. The summed E-state index contributed by atoms with van der Waals surface area (Å²) in [6.07, 6.45) is 5.00. The lowest BCUT2D eigenvalue weighted by Gasteiger charge is -2.17. The highest BCUT2D eigenvalue weighted by molar-refractivity contribution is 4.93. The van der Waals surface area contributed by atoms with Crippen LogP contribution in [-0.4, -0.2) is 39.5 Å². The quantitative estimate of drug-likeness (QED) is 0.657. The number of hydrogen-bond donors (Lipinski definition) is 1. The van der Waals surface area contributed by atoms with E-state index in [4.69, 9.17) is 5.73 Å². The van der Waals surface area contributed by atoms with Crippen molar-refractivity contribution in [1.82, 2.24) is 19.9 Å². The zero-order valence-corrected chi connectivity index (χ0v) is 9.97. The van der Waals surface area contributed by atoms with E-state index in [1.54, 1.807) is 4.68 Å². The molecule has 0 amide bonds. The molecule has 0 aromatic carbocycles. The summed E-state index contributed by atoms with van der Waals surface area (Å²) >= 11 is 0. The number of hydrogen-bond acceptors (Lipinski definition) is 4. The van der Waals surface area contributed by atoms with Gasteiger partial charge in [0.2, 0.25) is 0 Å². The van der Waals surface area contributed by atoms with Crippen LogP contribution in [0.15, 0.2) is 18.9 Å². The summed E-state index contributed by atoms with van der Waals surface area (Å²) in [5.41, 5.74) is 6.44. The van der Waals surface area contributed by atoms with E-state index in [0.29, 0.717) is 6.54 Å². The first-order valence-electron chi connectivity index (χ1n) is 5.72. The SMILES string of the molecule is C=CCN(CCC)Cc1cn(CCN)nn1. The Morgan fingerprint density at radius 1 is 1.62 bits per heavy atom. The minimum atomic E-state index is 0.591. The van der Waals surface area contributed by atoms with Crippen LogP contribution in [0.1, 0.15) is 19.0 Å². The molecular formula is C11H21N5. The summed E-state index contributed by atoms with van der Waals surface area (Å²) in [5.74, 6) is 0. The lowest BCUT2D eigenvalue weighted by molar-refractivity contribution is 0.291. The Morgan fingerprint density at radius 2 is 2.44 bits per heavy atom. The Labute approximate surface area is 96.9 Å². The summed E-state index contributed by atoms with van der Waals surface area (Å²) in [6, 6.07) is 0. The molecule has 1 aromatic heterocycles. The Hall–Kier alpha value is -1.20. The van der Waals surface area contributed by atoms with Crippen LogP contribution in [0, 0.1) is 0 Å². The van der Waals surface area contributed by atoms with E-state index in [1.807, 2.05) is 12.3 Å². The smallest absolute Gasteiger partial charge is 0.0967 e. The molecule has 5 heteroatoms. The third-order valence-corrected chi connectivity index (χ3v) is 2.26. The van der Waals surface area contributed by atoms with Crippen molar-refractivity contribution in [1.29, 1.82) is 0 Å². The molecule has 1 aromatic rings. The molecule has 0 spiro atoms. The predicted molar refractivity (Wildman–Crippen MR) is 64.8 cm³/mol. The van der Waals surface area contributed by atoms with Gasteiger partial charge in [-0.25, -0.2) is 0 Å². The first-order chi connectivity index (χ1) is 7.80. The molecule has 0 aliphatic heterocycles. The van der Waals surface area contributed by atoms with Crippen LogP contribution in [0.25, 0.3) is 0 Å². The van der Waals surface area contributed by atoms with E-state index in [0.717, 1.165) is 38.3 Å². The number of nitrogens with zero attached hydrogens (tertiary/aromatic N) is 4. The summed E-state index contributed by atoms with van der Waals surface area (Å²) < 4.78 is 1.79. The minimum Gasteiger partial charge on any atom is -0.329 e. The Balaban J connectivity index is 2.51. The van der Waals surface area contributed by atoms with Crippen LogP contribution in [-0.2, 0) is 13.1 Å². The zero-order valence-electron chi connectivity index (χ0n) is 9.97. The Kier molecular flexibility index (Phi) is 5.74. The molecule has 0 atom stereocenters. The first-order valence-corrected chi connectivity index (χ1v) is 5.72. The van der Waals surface area contributed by atoms with Crippen molar-refractivity contribution < 1.29 is 0 Å². The second kappa shape index (κ2) is 7.14. The van der Waals surface area contributed by atoms with Crippen molar-refractivity contribution >= 4 is 0 Å². The van der Waals surface area contributed by atoms with Crippen molar-refractivity contribution in [2.24, 2.45) is 5.73 Å². The number of aromatic nitrogens is 3. The average Bonchev–Trinajstić information content (AvgIpc) is 2.67. The van der Waals surface area contributed by atoms with Gasteiger partial charge in [-0.3, -0.25) is 9.58 Å². The summed E-state index contributed by atoms with van der Waals surface area (Å²) in [5, 5.41) is 8.13. The van der Waals surface area contributed by atoms with Gasteiger partial charge in [0.1, 0.15) is 0 Å². The Bertz CT molecular complexity index is 307. The minimum absolute atomic E-state index is 0.591. The fourth-order valence-electron chi connectivity index (χ4n) is 1.62. The van der Waals surface area contributed by atoms with Gasteiger partial charge in [-0.05, 0) is 13.0 Å². The van der Waals surface area contributed by atoms with Gasteiger partial charge in [0.05, 0.1) is 12.2 Å². The van der Waals surface area contributed by atoms with Gasteiger partial charge in [-0.2, -0.15) is 0 Å². The topological polar surface area (TPSA) is 60.0 Å². The molecule has 0 aliphatic rings. The summed E-state index contributed by atoms with van der Waals surface area (Å²) in [6.45, 7) is 10.0. The third-order valence-electron chi connectivity index (χ3n) is 2.26. The highest BCUT2D eigenvalue weighted by atomic mass is 15.4. The monoisotopic (exact) mass is 223 g/mol. The molecule has 0 unspecified atom stereocenters. The molecule has 0 saturated heterocycles. The number of rotatable bonds is 8. The van der Waals surface area contributed by atoms with E-state index < -0.39 is 0 Å². The van der Waals surface area contributed by atoms with Gasteiger partial charge in [0.25, 0.3) is 0 Å². The molecular weight excluding hydrogens is 202 g/mol. The van der Waals surface area contributed by atoms with Gasteiger partial charge >= 0.3 is 0 Å². The van der Waals surface area contributed by atoms with Gasteiger partial charge < -0.3 is 5.73 Å². The van der Waals surface area contributed by atoms with Crippen molar-refractivity contribution in [3.05, 3.63) is 24.5 Å². The molecule has 0 bridgehead atoms. The molecule has 16 heavy (non-hydrogen) atoms. The molecule has 0 fully saturated rings. The predicted octanol–water partition coefficient (Wildman–Crippen LogP) is 0.635. The molecule has 1 rings (SSSR count). The second-order valence-electron chi connectivity index (χ2n) is 3.79. The van der Waals surface area contributed by atoms with E-state index >= 15 is 0 Å². The molecule has 0 saturated carbocycles. The largest absolute Gasteiger partial charge is 0.329 e. The molecule has 0 aliphatic carbocycles. The standard InChI is InChI=1S/C11H21N5/c1-3-6-15(7-4-2)9-11-10-16(8-5-12)14-13-11/h3,10H,1,4-9,12H2,2H3. The van der Waals surface area contributed by atoms with Crippen molar-refractivity contribution in [2.75, 3.05) is 19.6 Å². The average molecular weight is 223 g/mol. The second-order valence-corrected chi connectivity index (χ2v) is 3.79. The first kappa shape index (κ1) is 12.9. The number of nitrogens with two attached hydrogens (primary N) is 1. The summed E-state index contributed by atoms with van der Waals surface area (Å²) in [4.78, 5) is 2.30. The van der Waals surface area contributed by atoms with Crippen LogP contribution >= 0.6 is 0 Å². The van der Waals surface area contributed by atoms with Crippen molar-refractivity contribution in [3.63, 3.8) is 0 Å². The zero-order chi connectivity index (χ0) is 11.8. The maximum absolute atomic E-state index is 5.45. The van der Waals surface area contributed by atoms with Gasteiger partial charge in [0.15, 0.2) is 0 Å². The Morgan fingerprint density at radius 3 is 3.06 bits per heavy atom. The molecule has 90 valence electrons. The van der Waals surface area contributed by atoms with Crippen molar-refractivity contribution in [2.45, 2.75) is 26.4 Å². The highest BCUT2D eigenvalue weighted by Crippen LogP contribution is 2.01. The molecule has 5 nitrogen and oxygen atoms in total. The van der Waals surface area contributed by atoms with Crippen LogP contribution in [0.5, 0.6) is 0 Å². The van der Waals surface area contributed by atoms with E-state index in [2.05, 4.69) is 28.7 Å². The van der Waals surface area contributed by atoms with Crippen molar-refractivity contribution in [3.8, 4) is 0 Å². The van der Waals surface area contributed by atoms with Crippen LogP contribution in [0.2, 0.25) is 0 Å². The summed E-state index contributed by atoms with van der Waals surface area (Å²) in [7, 11) is 0. The molecule has 2 N–H and O–H groups in total. The van der Waals surface area contributed by atoms with Crippen LogP contribution in [0.3, 0.4) is 0 Å². The third kappa shape index (κ3) is 4.12. The lowest BCUT2D eigenvalue weighted by Crippen LogP contribution is -2.24. The maximum atomic E-state index is 5.45. The van der Waals surface area contributed by atoms with Crippen LogP contribution < -0.4 is 5.73 Å². The lowest BCUT2D eigenvalue weighted by atomic mass is 10.3. The van der Waals surface area contributed by atoms with E-state index in [-0.39, 0.29) is 0 Å². The van der Waals surface area contributed by atoms with Gasteiger partial charge in [0, 0.05) is 25.8 Å². The molecule has 1 heterocycles. The normalized spacial score (nSPS) is 10.9. The fraction of sp³-hybridized carbons (Fsp3) is 0.636. The van der Waals surface area contributed by atoms with E-state index in [1.165, 1.54) is 0 Å². The highest BCUT2D eigenvalue weighted by Gasteiger charge is 2.06. The fourth-order valence-corrected chi connectivity index (χ4v) is 1.62. The van der Waals surface area contributed by atoms with Crippen LogP contribution in [0.4, 0.5) is 0 Å². The van der Waals surface area contributed by atoms with Gasteiger partial charge in [-0.1, -0.05) is 18.2 Å².